The highest BCUT2D eigenvalue weighted by Crippen LogP contribution is 2.34. The quantitative estimate of drug-likeness (QED) is 0.722. The summed E-state index contributed by atoms with van der Waals surface area (Å²) in [6, 6.07) is 7.04. The van der Waals surface area contributed by atoms with Gasteiger partial charge in [-0.15, -0.1) is 10.2 Å². The molecule has 0 spiro atoms. The SMILES string of the molecule is CN(c1ccc(-c2cc3nccnc3cc2O)nn1)[C@H]1CC2CCC(N2)[C@H]1F. The summed E-state index contributed by atoms with van der Waals surface area (Å²) >= 11 is 0. The largest absolute Gasteiger partial charge is 0.507 e. The molecule has 2 saturated heterocycles. The first-order chi connectivity index (χ1) is 13.6. The summed E-state index contributed by atoms with van der Waals surface area (Å²) in [7, 11) is 1.87. The molecular formula is C20H21FN6O. The van der Waals surface area contributed by atoms with Crippen molar-refractivity contribution in [2.24, 2.45) is 0 Å². The number of phenols is 1. The number of alkyl halides is 1. The Kier molecular flexibility index (Phi) is 4.08. The molecule has 1 aromatic carbocycles. The molecule has 2 aromatic heterocycles. The monoisotopic (exact) mass is 380 g/mol. The zero-order valence-electron chi connectivity index (χ0n) is 15.5. The minimum atomic E-state index is -0.923. The number of fused-ring (bicyclic) bond motifs is 3. The van der Waals surface area contributed by atoms with Gasteiger partial charge >= 0.3 is 0 Å². The second-order valence-electron chi connectivity index (χ2n) is 7.60. The van der Waals surface area contributed by atoms with Crippen molar-refractivity contribution in [2.45, 2.75) is 43.6 Å². The standard InChI is InChI=1S/C20H21FN6O/c1-27(17-8-11-2-3-14(24-11)20(17)21)19-5-4-13(25-26-19)12-9-15-16(10-18(12)28)23-7-6-22-15/h4-7,9-11,14,17,20,24,28H,2-3,8H2,1H3/t11?,14?,17-,20+/m0/s1. The number of halogens is 1. The van der Waals surface area contributed by atoms with E-state index >= 15 is 0 Å². The Labute approximate surface area is 161 Å². The molecule has 2 bridgehead atoms. The van der Waals surface area contributed by atoms with Crippen molar-refractivity contribution in [3.8, 4) is 17.0 Å². The first kappa shape index (κ1) is 17.2. The number of nitrogens with zero attached hydrogens (tertiary/aromatic N) is 5. The van der Waals surface area contributed by atoms with Gasteiger partial charge in [0.1, 0.15) is 11.9 Å². The van der Waals surface area contributed by atoms with E-state index in [0.717, 1.165) is 19.3 Å². The Morgan fingerprint density at radius 3 is 2.64 bits per heavy atom. The van der Waals surface area contributed by atoms with Crippen molar-refractivity contribution < 1.29 is 9.50 Å². The van der Waals surface area contributed by atoms with Crippen molar-refractivity contribution in [2.75, 3.05) is 11.9 Å². The summed E-state index contributed by atoms with van der Waals surface area (Å²) < 4.78 is 14.8. The van der Waals surface area contributed by atoms with Crippen molar-refractivity contribution in [3.05, 3.63) is 36.7 Å². The van der Waals surface area contributed by atoms with Crippen LogP contribution in [0.15, 0.2) is 36.7 Å². The summed E-state index contributed by atoms with van der Waals surface area (Å²) in [4.78, 5) is 10.3. The number of piperidine rings is 1. The van der Waals surface area contributed by atoms with Gasteiger partial charge in [0.15, 0.2) is 5.82 Å². The van der Waals surface area contributed by atoms with E-state index in [1.165, 1.54) is 0 Å². The zero-order chi connectivity index (χ0) is 19.3. The minimum absolute atomic E-state index is 0.0610. The lowest BCUT2D eigenvalue weighted by Gasteiger charge is -2.38. The fourth-order valence-corrected chi connectivity index (χ4v) is 4.38. The molecule has 2 fully saturated rings. The molecule has 0 saturated carbocycles. The summed E-state index contributed by atoms with van der Waals surface area (Å²) in [5, 5.41) is 22.3. The maximum Gasteiger partial charge on any atom is 0.151 e. The smallest absolute Gasteiger partial charge is 0.151 e. The number of aromatic hydroxyl groups is 1. The third kappa shape index (κ3) is 2.84. The van der Waals surface area contributed by atoms with E-state index in [4.69, 9.17) is 0 Å². The van der Waals surface area contributed by atoms with E-state index in [9.17, 15) is 9.50 Å². The predicted molar refractivity (Wildman–Crippen MR) is 104 cm³/mol. The van der Waals surface area contributed by atoms with Crippen molar-refractivity contribution in [1.29, 1.82) is 0 Å². The number of hydrogen-bond donors (Lipinski definition) is 2. The third-order valence-electron chi connectivity index (χ3n) is 5.93. The highest BCUT2D eigenvalue weighted by Gasteiger charge is 2.43. The van der Waals surface area contributed by atoms with Gasteiger partial charge in [0.25, 0.3) is 0 Å². The first-order valence-electron chi connectivity index (χ1n) is 9.51. The molecular weight excluding hydrogens is 359 g/mol. The van der Waals surface area contributed by atoms with Gasteiger partial charge in [-0.05, 0) is 37.5 Å². The topological polar surface area (TPSA) is 87.1 Å². The molecule has 4 heterocycles. The van der Waals surface area contributed by atoms with E-state index in [2.05, 4.69) is 25.5 Å². The van der Waals surface area contributed by atoms with Crippen LogP contribution in [0.25, 0.3) is 22.3 Å². The van der Waals surface area contributed by atoms with Crippen LogP contribution in [-0.2, 0) is 0 Å². The number of phenolic OH excluding ortho intramolecular Hbond substituents is 1. The average molecular weight is 380 g/mol. The number of nitrogens with one attached hydrogen (secondary N) is 1. The maximum atomic E-state index is 14.8. The number of benzene rings is 1. The summed E-state index contributed by atoms with van der Waals surface area (Å²) in [6.07, 6.45) is 4.95. The second-order valence-corrected chi connectivity index (χ2v) is 7.60. The van der Waals surface area contributed by atoms with Crippen molar-refractivity contribution >= 4 is 16.9 Å². The number of rotatable bonds is 3. The van der Waals surface area contributed by atoms with Crippen LogP contribution in [0.4, 0.5) is 10.2 Å². The average Bonchev–Trinajstić information content (AvgIpc) is 3.13. The van der Waals surface area contributed by atoms with Crippen LogP contribution in [0.2, 0.25) is 0 Å². The van der Waals surface area contributed by atoms with Crippen LogP contribution in [0.1, 0.15) is 19.3 Å². The fourth-order valence-electron chi connectivity index (χ4n) is 4.38. The summed E-state index contributed by atoms with van der Waals surface area (Å²) in [5.74, 6) is 0.694. The molecule has 0 radical (unpaired) electrons. The zero-order valence-corrected chi connectivity index (χ0v) is 15.5. The minimum Gasteiger partial charge on any atom is -0.507 e. The van der Waals surface area contributed by atoms with Gasteiger partial charge in [0.2, 0.25) is 0 Å². The molecule has 3 aromatic rings. The van der Waals surface area contributed by atoms with Gasteiger partial charge < -0.3 is 15.3 Å². The molecule has 4 atom stereocenters. The first-order valence-corrected chi connectivity index (χ1v) is 9.51. The number of anilines is 1. The van der Waals surface area contributed by atoms with Gasteiger partial charge in [-0.1, -0.05) is 0 Å². The lowest BCUT2D eigenvalue weighted by molar-refractivity contribution is 0.176. The Bertz CT molecular complexity index is 1010. The fraction of sp³-hybridized carbons (Fsp3) is 0.400. The highest BCUT2D eigenvalue weighted by atomic mass is 19.1. The molecule has 28 heavy (non-hydrogen) atoms. The van der Waals surface area contributed by atoms with E-state index in [1.807, 2.05) is 18.0 Å². The predicted octanol–water partition coefficient (Wildman–Crippen LogP) is 2.46. The normalized spacial score (nSPS) is 26.5. The van der Waals surface area contributed by atoms with E-state index in [1.54, 1.807) is 30.6 Å². The van der Waals surface area contributed by atoms with Crippen LogP contribution in [-0.4, -0.2) is 56.6 Å². The maximum absolute atomic E-state index is 14.8. The van der Waals surface area contributed by atoms with E-state index < -0.39 is 6.17 Å². The van der Waals surface area contributed by atoms with E-state index in [0.29, 0.717) is 34.2 Å². The molecule has 5 rings (SSSR count). The lowest BCUT2D eigenvalue weighted by Crippen LogP contribution is -2.55. The third-order valence-corrected chi connectivity index (χ3v) is 5.93. The Morgan fingerprint density at radius 2 is 1.89 bits per heavy atom. The number of hydrogen-bond acceptors (Lipinski definition) is 7. The van der Waals surface area contributed by atoms with Crippen LogP contribution >= 0.6 is 0 Å². The molecule has 2 N–H and O–H groups in total. The number of aromatic nitrogens is 4. The van der Waals surface area contributed by atoms with Gasteiger partial charge in [-0.2, -0.15) is 0 Å². The lowest BCUT2D eigenvalue weighted by atomic mass is 9.96. The molecule has 144 valence electrons. The summed E-state index contributed by atoms with van der Waals surface area (Å²) in [6.45, 7) is 0. The van der Waals surface area contributed by atoms with Gasteiger partial charge in [0, 0.05) is 43.2 Å². The Morgan fingerprint density at radius 1 is 1.11 bits per heavy atom. The van der Waals surface area contributed by atoms with Gasteiger partial charge in [-0.3, -0.25) is 9.97 Å². The molecule has 2 aliphatic rings. The van der Waals surface area contributed by atoms with Crippen LogP contribution in [0, 0.1) is 0 Å². The molecule has 8 heteroatoms. The van der Waals surface area contributed by atoms with Gasteiger partial charge in [0.05, 0.1) is 22.8 Å². The molecule has 2 aliphatic heterocycles. The molecule has 0 amide bonds. The van der Waals surface area contributed by atoms with Crippen LogP contribution in [0.3, 0.4) is 0 Å². The van der Waals surface area contributed by atoms with Gasteiger partial charge in [-0.25, -0.2) is 4.39 Å². The van der Waals surface area contributed by atoms with Crippen LogP contribution < -0.4 is 10.2 Å². The van der Waals surface area contributed by atoms with Crippen LogP contribution in [0.5, 0.6) is 5.75 Å². The Balaban J connectivity index is 1.42. The molecule has 0 aliphatic carbocycles. The molecule has 2 unspecified atom stereocenters. The van der Waals surface area contributed by atoms with E-state index in [-0.39, 0.29) is 17.8 Å². The highest BCUT2D eigenvalue weighted by molar-refractivity contribution is 5.84. The molecule has 7 nitrogen and oxygen atoms in total. The second kappa shape index (κ2) is 6.63. The van der Waals surface area contributed by atoms with Crippen molar-refractivity contribution in [3.63, 3.8) is 0 Å². The summed E-state index contributed by atoms with van der Waals surface area (Å²) in [5.41, 5.74) is 2.36. The Hall–Kier alpha value is -2.87. The van der Waals surface area contributed by atoms with Crippen molar-refractivity contribution in [1.82, 2.24) is 25.5 Å².